The SMILES string of the molecule is NC(=O)Cc1ccc(NC(=O)c2sccc2Br)cc1. The third kappa shape index (κ3) is 3.65. The van der Waals surface area contributed by atoms with Crippen molar-refractivity contribution in [1.82, 2.24) is 0 Å². The van der Waals surface area contributed by atoms with Crippen LogP contribution in [-0.4, -0.2) is 11.8 Å². The van der Waals surface area contributed by atoms with Gasteiger partial charge in [-0.15, -0.1) is 11.3 Å². The Morgan fingerprint density at radius 2 is 1.89 bits per heavy atom. The number of hydrogen-bond acceptors (Lipinski definition) is 3. The van der Waals surface area contributed by atoms with E-state index >= 15 is 0 Å². The van der Waals surface area contributed by atoms with Crippen LogP contribution in [0.3, 0.4) is 0 Å². The van der Waals surface area contributed by atoms with E-state index in [0.29, 0.717) is 10.6 Å². The lowest BCUT2D eigenvalue weighted by molar-refractivity contribution is -0.117. The molecule has 0 saturated heterocycles. The van der Waals surface area contributed by atoms with Gasteiger partial charge in [0.25, 0.3) is 5.91 Å². The molecule has 0 aliphatic heterocycles. The highest BCUT2D eigenvalue weighted by Crippen LogP contribution is 2.23. The van der Waals surface area contributed by atoms with Crippen molar-refractivity contribution in [1.29, 1.82) is 0 Å². The number of amides is 2. The molecule has 1 heterocycles. The Balaban J connectivity index is 2.06. The molecule has 0 atom stereocenters. The molecule has 19 heavy (non-hydrogen) atoms. The Hall–Kier alpha value is -1.66. The summed E-state index contributed by atoms with van der Waals surface area (Å²) >= 11 is 4.69. The minimum Gasteiger partial charge on any atom is -0.369 e. The van der Waals surface area contributed by atoms with Crippen LogP contribution in [0.5, 0.6) is 0 Å². The number of nitrogens with two attached hydrogens (primary N) is 1. The predicted molar refractivity (Wildman–Crippen MR) is 79.3 cm³/mol. The number of hydrogen-bond donors (Lipinski definition) is 2. The van der Waals surface area contributed by atoms with Crippen LogP contribution in [0.15, 0.2) is 40.2 Å². The molecule has 0 spiro atoms. The van der Waals surface area contributed by atoms with Gasteiger partial charge in [0.1, 0.15) is 4.88 Å². The first-order valence-electron chi connectivity index (χ1n) is 5.48. The van der Waals surface area contributed by atoms with Crippen molar-refractivity contribution in [3.8, 4) is 0 Å². The van der Waals surface area contributed by atoms with E-state index in [2.05, 4.69) is 21.2 Å². The Morgan fingerprint density at radius 3 is 2.42 bits per heavy atom. The monoisotopic (exact) mass is 338 g/mol. The zero-order chi connectivity index (χ0) is 13.8. The second-order valence-corrected chi connectivity index (χ2v) is 5.66. The largest absolute Gasteiger partial charge is 0.369 e. The molecule has 2 aromatic rings. The fourth-order valence-corrected chi connectivity index (χ4v) is 3.00. The standard InChI is InChI=1S/C13H11BrN2O2S/c14-10-5-6-19-12(10)13(18)16-9-3-1-8(2-4-9)7-11(15)17/h1-6H,7H2,(H2,15,17)(H,16,18). The first-order chi connectivity index (χ1) is 9.06. The number of halogens is 1. The lowest BCUT2D eigenvalue weighted by Gasteiger charge is -2.05. The topological polar surface area (TPSA) is 72.2 Å². The Morgan fingerprint density at radius 1 is 1.21 bits per heavy atom. The van der Waals surface area contributed by atoms with Gasteiger partial charge < -0.3 is 11.1 Å². The maximum Gasteiger partial charge on any atom is 0.266 e. The van der Waals surface area contributed by atoms with E-state index in [9.17, 15) is 9.59 Å². The smallest absolute Gasteiger partial charge is 0.266 e. The zero-order valence-electron chi connectivity index (χ0n) is 9.85. The van der Waals surface area contributed by atoms with Crippen LogP contribution in [-0.2, 0) is 11.2 Å². The van der Waals surface area contributed by atoms with Gasteiger partial charge in [-0.1, -0.05) is 12.1 Å². The lowest BCUT2D eigenvalue weighted by atomic mass is 10.1. The molecule has 0 bridgehead atoms. The molecule has 0 radical (unpaired) electrons. The number of primary amides is 1. The van der Waals surface area contributed by atoms with Crippen molar-refractivity contribution in [3.63, 3.8) is 0 Å². The van der Waals surface area contributed by atoms with Gasteiger partial charge in [-0.2, -0.15) is 0 Å². The van der Waals surface area contributed by atoms with Crippen LogP contribution in [0.1, 0.15) is 15.2 Å². The van der Waals surface area contributed by atoms with Crippen molar-refractivity contribution in [2.45, 2.75) is 6.42 Å². The molecule has 2 amide bonds. The van der Waals surface area contributed by atoms with Crippen LogP contribution in [0.4, 0.5) is 5.69 Å². The molecule has 0 fully saturated rings. The summed E-state index contributed by atoms with van der Waals surface area (Å²) in [6.07, 6.45) is 0.199. The van der Waals surface area contributed by atoms with Gasteiger partial charge in [-0.3, -0.25) is 9.59 Å². The third-order valence-corrected chi connectivity index (χ3v) is 4.25. The number of rotatable bonds is 4. The molecule has 98 valence electrons. The van der Waals surface area contributed by atoms with Crippen LogP contribution in [0.25, 0.3) is 0 Å². The van der Waals surface area contributed by atoms with Gasteiger partial charge in [0.15, 0.2) is 0 Å². The van der Waals surface area contributed by atoms with Crippen molar-refractivity contribution in [2.24, 2.45) is 5.73 Å². The molecular formula is C13H11BrN2O2S. The molecule has 1 aromatic carbocycles. The normalized spacial score (nSPS) is 10.2. The summed E-state index contributed by atoms with van der Waals surface area (Å²) in [5.74, 6) is -0.538. The van der Waals surface area contributed by atoms with Crippen LogP contribution >= 0.6 is 27.3 Å². The highest BCUT2D eigenvalue weighted by molar-refractivity contribution is 9.10. The van der Waals surface area contributed by atoms with Crippen LogP contribution in [0.2, 0.25) is 0 Å². The van der Waals surface area contributed by atoms with Crippen molar-refractivity contribution < 1.29 is 9.59 Å². The first-order valence-corrected chi connectivity index (χ1v) is 7.15. The molecular weight excluding hydrogens is 328 g/mol. The third-order valence-electron chi connectivity index (χ3n) is 2.41. The van der Waals surface area contributed by atoms with Crippen molar-refractivity contribution in [3.05, 3.63) is 50.6 Å². The molecule has 4 nitrogen and oxygen atoms in total. The number of benzene rings is 1. The maximum atomic E-state index is 12.0. The van der Waals surface area contributed by atoms with E-state index < -0.39 is 0 Å². The Labute approximate surface area is 122 Å². The molecule has 1 aromatic heterocycles. The molecule has 0 saturated carbocycles. The highest BCUT2D eigenvalue weighted by Gasteiger charge is 2.11. The second-order valence-electron chi connectivity index (χ2n) is 3.89. The molecule has 0 unspecified atom stereocenters. The molecule has 6 heteroatoms. The summed E-state index contributed by atoms with van der Waals surface area (Å²) < 4.78 is 0.778. The Bertz CT molecular complexity index is 607. The summed E-state index contributed by atoms with van der Waals surface area (Å²) in [4.78, 5) is 23.4. The lowest BCUT2D eigenvalue weighted by Crippen LogP contribution is -2.14. The molecule has 0 aliphatic rings. The summed E-state index contributed by atoms with van der Waals surface area (Å²) in [6, 6.07) is 8.86. The Kier molecular flexibility index (Phi) is 4.34. The average molecular weight is 339 g/mol. The van der Waals surface area contributed by atoms with Gasteiger partial charge in [0.2, 0.25) is 5.91 Å². The van der Waals surface area contributed by atoms with Gasteiger partial charge in [0, 0.05) is 10.2 Å². The quantitative estimate of drug-likeness (QED) is 0.899. The fourth-order valence-electron chi connectivity index (χ4n) is 1.55. The zero-order valence-corrected chi connectivity index (χ0v) is 12.3. The summed E-state index contributed by atoms with van der Waals surface area (Å²) in [5.41, 5.74) is 6.61. The number of carbonyl (C=O) groups is 2. The minimum absolute atomic E-state index is 0.162. The molecule has 0 aliphatic carbocycles. The number of carbonyl (C=O) groups excluding carboxylic acids is 2. The van der Waals surface area contributed by atoms with Crippen LogP contribution in [0, 0.1) is 0 Å². The molecule has 2 rings (SSSR count). The van der Waals surface area contributed by atoms with E-state index in [4.69, 9.17) is 5.73 Å². The van der Waals surface area contributed by atoms with Crippen molar-refractivity contribution >= 4 is 44.8 Å². The van der Waals surface area contributed by atoms with Gasteiger partial charge in [0.05, 0.1) is 6.42 Å². The maximum absolute atomic E-state index is 12.0. The number of nitrogens with one attached hydrogen (secondary N) is 1. The predicted octanol–water partition coefficient (Wildman–Crippen LogP) is 2.79. The molecule has 3 N–H and O–H groups in total. The van der Waals surface area contributed by atoms with Gasteiger partial charge in [-0.25, -0.2) is 0 Å². The summed E-state index contributed by atoms with van der Waals surface area (Å²) in [5, 5.41) is 4.63. The van der Waals surface area contributed by atoms with E-state index in [0.717, 1.165) is 10.0 Å². The number of anilines is 1. The van der Waals surface area contributed by atoms with E-state index in [1.54, 1.807) is 24.3 Å². The van der Waals surface area contributed by atoms with Crippen LogP contribution < -0.4 is 11.1 Å². The number of thiophene rings is 1. The average Bonchev–Trinajstić information content (AvgIpc) is 2.77. The van der Waals surface area contributed by atoms with Crippen molar-refractivity contribution in [2.75, 3.05) is 5.32 Å². The van der Waals surface area contributed by atoms with E-state index in [-0.39, 0.29) is 18.2 Å². The van der Waals surface area contributed by atoms with E-state index in [1.807, 2.05) is 11.4 Å². The summed E-state index contributed by atoms with van der Waals surface area (Å²) in [6.45, 7) is 0. The summed E-state index contributed by atoms with van der Waals surface area (Å²) in [7, 11) is 0. The fraction of sp³-hybridized carbons (Fsp3) is 0.0769. The minimum atomic E-state index is -0.376. The highest BCUT2D eigenvalue weighted by atomic mass is 79.9. The van der Waals surface area contributed by atoms with E-state index in [1.165, 1.54) is 11.3 Å². The van der Waals surface area contributed by atoms with Gasteiger partial charge in [-0.05, 0) is 45.1 Å². The first kappa shape index (κ1) is 13.8. The van der Waals surface area contributed by atoms with Gasteiger partial charge >= 0.3 is 0 Å². The second kappa shape index (κ2) is 5.99.